The summed E-state index contributed by atoms with van der Waals surface area (Å²) >= 11 is 0. The molecular weight excluding hydrogens is 266 g/mol. The van der Waals surface area contributed by atoms with Gasteiger partial charge in [-0.3, -0.25) is 4.79 Å². The van der Waals surface area contributed by atoms with Gasteiger partial charge in [0.15, 0.2) is 0 Å². The van der Waals surface area contributed by atoms with Crippen molar-refractivity contribution in [2.75, 3.05) is 33.7 Å². The number of likely N-dealkylation sites (N-methyl/N-ethyl adjacent to an activating group) is 1. The predicted octanol–water partition coefficient (Wildman–Crippen LogP) is 1.48. The molecule has 2 heterocycles. The molecule has 2 atom stereocenters. The van der Waals surface area contributed by atoms with Gasteiger partial charge in [0, 0.05) is 13.1 Å². The number of aryl methyl sites for hydroxylation is 1. The molecule has 118 valence electrons. The first-order valence-electron chi connectivity index (χ1n) is 7.69. The number of carbonyl (C=O) groups excluding carboxylic acids is 1. The molecule has 0 radical (unpaired) electrons. The first-order valence-corrected chi connectivity index (χ1v) is 7.69. The Morgan fingerprint density at radius 3 is 2.67 bits per heavy atom. The van der Waals surface area contributed by atoms with Crippen LogP contribution in [0.4, 0.5) is 0 Å². The van der Waals surface area contributed by atoms with E-state index in [1.54, 1.807) is 0 Å². The minimum absolute atomic E-state index is 0.0526. The molecule has 1 aromatic heterocycles. The quantitative estimate of drug-likeness (QED) is 0.863. The second-order valence-electron chi connectivity index (χ2n) is 6.27. The lowest BCUT2D eigenvalue weighted by Crippen LogP contribution is -2.47. The second kappa shape index (κ2) is 7.09. The van der Waals surface area contributed by atoms with Gasteiger partial charge in [0.05, 0.1) is 12.6 Å². The Morgan fingerprint density at radius 2 is 2.14 bits per heavy atom. The normalized spacial score (nSPS) is 22.0. The van der Waals surface area contributed by atoms with Gasteiger partial charge in [0.25, 0.3) is 0 Å². The highest BCUT2D eigenvalue weighted by molar-refractivity contribution is 5.82. The zero-order chi connectivity index (χ0) is 15.4. The minimum Gasteiger partial charge on any atom is -0.464 e. The number of carbonyl (C=O) groups is 1. The van der Waals surface area contributed by atoms with Gasteiger partial charge in [-0.05, 0) is 52.0 Å². The van der Waals surface area contributed by atoms with E-state index < -0.39 is 0 Å². The Balaban J connectivity index is 2.05. The van der Waals surface area contributed by atoms with Gasteiger partial charge in [0.1, 0.15) is 11.5 Å². The van der Waals surface area contributed by atoms with Crippen LogP contribution in [-0.2, 0) is 11.3 Å². The van der Waals surface area contributed by atoms with E-state index in [0.717, 1.165) is 37.6 Å². The smallest absolute Gasteiger partial charge is 0.240 e. The van der Waals surface area contributed by atoms with Crippen molar-refractivity contribution >= 4 is 5.91 Å². The lowest BCUT2D eigenvalue weighted by Gasteiger charge is -2.28. The highest BCUT2D eigenvalue weighted by atomic mass is 16.3. The average molecular weight is 293 g/mol. The van der Waals surface area contributed by atoms with Crippen molar-refractivity contribution in [3.8, 4) is 0 Å². The van der Waals surface area contributed by atoms with Crippen molar-refractivity contribution in [3.05, 3.63) is 23.7 Å². The monoisotopic (exact) mass is 293 g/mol. The van der Waals surface area contributed by atoms with Gasteiger partial charge < -0.3 is 19.5 Å². The van der Waals surface area contributed by atoms with E-state index >= 15 is 0 Å². The van der Waals surface area contributed by atoms with Crippen LogP contribution >= 0.6 is 0 Å². The Morgan fingerprint density at radius 1 is 1.38 bits per heavy atom. The van der Waals surface area contributed by atoms with Crippen molar-refractivity contribution in [3.63, 3.8) is 0 Å². The van der Waals surface area contributed by atoms with Gasteiger partial charge in [0.2, 0.25) is 5.91 Å². The van der Waals surface area contributed by atoms with Crippen LogP contribution in [0.3, 0.4) is 0 Å². The van der Waals surface area contributed by atoms with Gasteiger partial charge in [-0.2, -0.15) is 0 Å². The van der Waals surface area contributed by atoms with Gasteiger partial charge in [-0.1, -0.05) is 6.92 Å². The molecule has 0 aliphatic carbocycles. The van der Waals surface area contributed by atoms with Crippen LogP contribution in [0.2, 0.25) is 0 Å². The fraction of sp³-hybridized carbons (Fsp3) is 0.688. The fourth-order valence-electron chi connectivity index (χ4n) is 2.71. The van der Waals surface area contributed by atoms with E-state index in [2.05, 4.69) is 17.1 Å². The van der Waals surface area contributed by atoms with Crippen molar-refractivity contribution in [2.24, 2.45) is 5.92 Å². The zero-order valence-corrected chi connectivity index (χ0v) is 13.6. The van der Waals surface area contributed by atoms with E-state index in [0.29, 0.717) is 12.5 Å². The Bertz CT molecular complexity index is 470. The number of amides is 1. The van der Waals surface area contributed by atoms with Gasteiger partial charge >= 0.3 is 0 Å². The molecule has 1 aromatic rings. The Hall–Kier alpha value is -1.33. The number of furan rings is 1. The maximum Gasteiger partial charge on any atom is 0.240 e. The first-order chi connectivity index (χ1) is 9.97. The molecule has 1 N–H and O–H groups in total. The summed E-state index contributed by atoms with van der Waals surface area (Å²) in [5, 5.41) is 3.33. The standard InChI is InChI=1S/C16H27N3O2/c1-12-7-8-17-15(12)16(20)19(10-9-18(3)4)11-14-6-5-13(2)21-14/h5-6,12,15,17H,7-11H2,1-4H3. The lowest BCUT2D eigenvalue weighted by atomic mass is 10.0. The van der Waals surface area contributed by atoms with Crippen molar-refractivity contribution in [1.29, 1.82) is 0 Å². The summed E-state index contributed by atoms with van der Waals surface area (Å²) in [6.07, 6.45) is 1.07. The molecule has 1 aliphatic heterocycles. The molecule has 2 rings (SSSR count). The molecule has 0 bridgehead atoms. The number of hydrogen-bond acceptors (Lipinski definition) is 4. The summed E-state index contributed by atoms with van der Waals surface area (Å²) in [6, 6.07) is 3.85. The van der Waals surface area contributed by atoms with Gasteiger partial charge in [-0.25, -0.2) is 0 Å². The summed E-state index contributed by atoms with van der Waals surface area (Å²) in [6.45, 7) is 7.12. The number of nitrogens with one attached hydrogen (secondary N) is 1. The third-order valence-electron chi connectivity index (χ3n) is 4.07. The maximum absolute atomic E-state index is 12.8. The second-order valence-corrected chi connectivity index (χ2v) is 6.27. The molecule has 5 nitrogen and oxygen atoms in total. The zero-order valence-electron chi connectivity index (χ0n) is 13.6. The molecule has 1 amide bonds. The number of hydrogen-bond donors (Lipinski definition) is 1. The summed E-state index contributed by atoms with van der Waals surface area (Å²) < 4.78 is 5.63. The van der Waals surface area contributed by atoms with Gasteiger partial charge in [-0.15, -0.1) is 0 Å². The molecule has 0 saturated carbocycles. The highest BCUT2D eigenvalue weighted by Crippen LogP contribution is 2.18. The van der Waals surface area contributed by atoms with Crippen molar-refractivity contribution in [2.45, 2.75) is 32.9 Å². The molecule has 21 heavy (non-hydrogen) atoms. The largest absolute Gasteiger partial charge is 0.464 e. The number of rotatable bonds is 6. The summed E-state index contributed by atoms with van der Waals surface area (Å²) in [5.74, 6) is 2.33. The van der Waals surface area contributed by atoms with Crippen LogP contribution in [0.15, 0.2) is 16.5 Å². The van der Waals surface area contributed by atoms with E-state index in [9.17, 15) is 4.79 Å². The Kier molecular flexibility index (Phi) is 5.42. The summed E-state index contributed by atoms with van der Waals surface area (Å²) in [5.41, 5.74) is 0. The molecule has 1 saturated heterocycles. The van der Waals surface area contributed by atoms with E-state index in [4.69, 9.17) is 4.42 Å². The minimum atomic E-state index is -0.0526. The summed E-state index contributed by atoms with van der Waals surface area (Å²) in [7, 11) is 4.05. The molecule has 1 aliphatic rings. The van der Waals surface area contributed by atoms with Crippen LogP contribution < -0.4 is 5.32 Å². The molecule has 0 aromatic carbocycles. The Labute approximate surface area is 127 Å². The summed E-state index contributed by atoms with van der Waals surface area (Å²) in [4.78, 5) is 16.8. The molecule has 5 heteroatoms. The lowest BCUT2D eigenvalue weighted by molar-refractivity contribution is -0.135. The molecular formula is C16H27N3O2. The van der Waals surface area contributed by atoms with E-state index in [1.807, 2.05) is 38.1 Å². The van der Waals surface area contributed by atoms with E-state index in [-0.39, 0.29) is 11.9 Å². The first kappa shape index (κ1) is 16.0. The van der Waals surface area contributed by atoms with Crippen LogP contribution in [0, 0.1) is 12.8 Å². The third kappa shape index (κ3) is 4.32. The average Bonchev–Trinajstić information content (AvgIpc) is 3.02. The maximum atomic E-state index is 12.8. The fourth-order valence-corrected chi connectivity index (χ4v) is 2.71. The predicted molar refractivity (Wildman–Crippen MR) is 83.0 cm³/mol. The van der Waals surface area contributed by atoms with Crippen molar-refractivity contribution < 1.29 is 9.21 Å². The topological polar surface area (TPSA) is 48.7 Å². The van der Waals surface area contributed by atoms with Crippen molar-refractivity contribution in [1.82, 2.24) is 15.1 Å². The molecule has 1 fully saturated rings. The van der Waals surface area contributed by atoms with Crippen LogP contribution in [0.25, 0.3) is 0 Å². The van der Waals surface area contributed by atoms with Crippen LogP contribution in [-0.4, -0.2) is 55.5 Å². The van der Waals surface area contributed by atoms with Crippen LogP contribution in [0.5, 0.6) is 0 Å². The SMILES string of the molecule is Cc1ccc(CN(CCN(C)C)C(=O)C2NCCC2C)o1. The molecule has 0 spiro atoms. The highest BCUT2D eigenvalue weighted by Gasteiger charge is 2.32. The molecule has 2 unspecified atom stereocenters. The third-order valence-corrected chi connectivity index (χ3v) is 4.07. The van der Waals surface area contributed by atoms with Crippen LogP contribution in [0.1, 0.15) is 24.9 Å². The van der Waals surface area contributed by atoms with E-state index in [1.165, 1.54) is 0 Å². The number of nitrogens with zero attached hydrogens (tertiary/aromatic N) is 2.